The molecule has 4 aromatic rings. The van der Waals surface area contributed by atoms with Gasteiger partial charge in [-0.2, -0.15) is 0 Å². The molecule has 7 heteroatoms. The van der Waals surface area contributed by atoms with Crippen LogP contribution in [0.4, 0.5) is 8.78 Å². The molecule has 2 aromatic heterocycles. The number of aromatic nitrogens is 3. The van der Waals surface area contributed by atoms with Crippen molar-refractivity contribution in [3.63, 3.8) is 0 Å². The summed E-state index contributed by atoms with van der Waals surface area (Å²) < 4.78 is 31.4. The number of H-pyrrole nitrogens is 1. The topological polar surface area (TPSA) is 54.7 Å². The summed E-state index contributed by atoms with van der Waals surface area (Å²) in [5.74, 6) is 0.449. The van der Waals surface area contributed by atoms with Gasteiger partial charge in [0.25, 0.3) is 0 Å². The Hall–Kier alpha value is -2.93. The highest BCUT2D eigenvalue weighted by Crippen LogP contribution is 2.26. The third-order valence-electron chi connectivity index (χ3n) is 3.71. The van der Waals surface area contributed by atoms with Crippen molar-refractivity contribution in [1.29, 1.82) is 0 Å². The SMILES string of the molecule is Fc1ccc(-c2cnc(SCc3coc(-c4ccc(F)cc4)n3)[nH]2)cc1. The molecule has 4 rings (SSSR count). The third kappa shape index (κ3) is 3.67. The van der Waals surface area contributed by atoms with E-state index in [1.165, 1.54) is 36.0 Å². The Morgan fingerprint density at radius 2 is 1.58 bits per heavy atom. The minimum Gasteiger partial charge on any atom is -0.444 e. The van der Waals surface area contributed by atoms with Crippen LogP contribution in [0, 0.1) is 11.6 Å². The first kappa shape index (κ1) is 16.5. The maximum atomic E-state index is 13.0. The first-order chi connectivity index (χ1) is 12.7. The van der Waals surface area contributed by atoms with Gasteiger partial charge in [-0.1, -0.05) is 11.8 Å². The minimum atomic E-state index is -0.300. The van der Waals surface area contributed by atoms with Gasteiger partial charge < -0.3 is 9.40 Å². The van der Waals surface area contributed by atoms with Gasteiger partial charge in [0.2, 0.25) is 5.89 Å². The number of rotatable bonds is 5. The molecule has 0 radical (unpaired) electrons. The molecule has 1 N–H and O–H groups in total. The van der Waals surface area contributed by atoms with Crippen LogP contribution in [-0.2, 0) is 5.75 Å². The van der Waals surface area contributed by atoms with E-state index in [9.17, 15) is 8.78 Å². The second-order valence-electron chi connectivity index (χ2n) is 5.55. The highest BCUT2D eigenvalue weighted by Gasteiger charge is 2.09. The first-order valence-electron chi connectivity index (χ1n) is 7.81. The molecule has 26 heavy (non-hydrogen) atoms. The quantitative estimate of drug-likeness (QED) is 0.485. The van der Waals surface area contributed by atoms with Crippen LogP contribution in [0.25, 0.3) is 22.7 Å². The summed E-state index contributed by atoms with van der Waals surface area (Å²) in [5, 5.41) is 0.732. The molecule has 0 aliphatic rings. The van der Waals surface area contributed by atoms with Gasteiger partial charge in [0, 0.05) is 11.3 Å². The fourth-order valence-electron chi connectivity index (χ4n) is 2.39. The molecule has 0 aliphatic carbocycles. The molecule has 4 nitrogen and oxygen atoms in total. The number of aromatic amines is 1. The van der Waals surface area contributed by atoms with E-state index in [0.29, 0.717) is 11.6 Å². The molecule has 2 aromatic carbocycles. The zero-order valence-corrected chi connectivity index (χ0v) is 14.3. The first-order valence-corrected chi connectivity index (χ1v) is 8.80. The van der Waals surface area contributed by atoms with Gasteiger partial charge in [-0.05, 0) is 54.1 Å². The highest BCUT2D eigenvalue weighted by molar-refractivity contribution is 7.98. The maximum absolute atomic E-state index is 13.0. The number of thioether (sulfide) groups is 1. The van der Waals surface area contributed by atoms with Crippen LogP contribution < -0.4 is 0 Å². The molecule has 0 saturated carbocycles. The number of oxazole rings is 1. The number of imidazole rings is 1. The fraction of sp³-hybridized carbons (Fsp3) is 0.0526. The summed E-state index contributed by atoms with van der Waals surface area (Å²) in [4.78, 5) is 11.9. The Morgan fingerprint density at radius 3 is 2.27 bits per heavy atom. The molecule has 0 fully saturated rings. The number of halogens is 2. The highest BCUT2D eigenvalue weighted by atomic mass is 32.2. The second kappa shape index (κ2) is 7.13. The van der Waals surface area contributed by atoms with E-state index < -0.39 is 0 Å². The predicted octanol–water partition coefficient (Wildman–Crippen LogP) is 5.30. The summed E-state index contributed by atoms with van der Waals surface area (Å²) in [6, 6.07) is 12.2. The molecule has 0 amide bonds. The number of nitrogens with zero attached hydrogens (tertiary/aromatic N) is 2. The average Bonchev–Trinajstić information content (AvgIpc) is 3.31. The lowest BCUT2D eigenvalue weighted by Crippen LogP contribution is -1.84. The number of hydrogen-bond donors (Lipinski definition) is 1. The van der Waals surface area contributed by atoms with Crippen LogP contribution in [-0.4, -0.2) is 15.0 Å². The summed E-state index contributed by atoms with van der Waals surface area (Å²) in [5.41, 5.74) is 3.17. The standard InChI is InChI=1S/C19H13F2N3OS/c20-14-5-1-12(2-6-14)17-9-22-19(24-17)26-11-16-10-25-18(23-16)13-3-7-15(21)8-4-13/h1-10H,11H2,(H,22,24). The van der Waals surface area contributed by atoms with E-state index in [1.807, 2.05) is 0 Å². The van der Waals surface area contributed by atoms with Crippen LogP contribution in [0.3, 0.4) is 0 Å². The van der Waals surface area contributed by atoms with Crippen LogP contribution in [0.15, 0.2) is 70.6 Å². The number of hydrogen-bond acceptors (Lipinski definition) is 4. The normalized spacial score (nSPS) is 11.0. The largest absolute Gasteiger partial charge is 0.444 e. The van der Waals surface area contributed by atoms with E-state index in [4.69, 9.17) is 4.42 Å². The van der Waals surface area contributed by atoms with Crippen molar-refractivity contribution in [2.24, 2.45) is 0 Å². The Labute approximate surface area is 152 Å². The van der Waals surface area contributed by atoms with Crippen molar-refractivity contribution >= 4 is 11.8 Å². The van der Waals surface area contributed by atoms with Gasteiger partial charge in [0.05, 0.1) is 17.6 Å². The van der Waals surface area contributed by atoms with Crippen LogP contribution >= 0.6 is 11.8 Å². The van der Waals surface area contributed by atoms with Crippen molar-refractivity contribution in [2.75, 3.05) is 0 Å². The molecule has 0 atom stereocenters. The zero-order chi connectivity index (χ0) is 17.9. The molecule has 0 aliphatic heterocycles. The Balaban J connectivity index is 1.42. The van der Waals surface area contributed by atoms with E-state index in [1.54, 1.807) is 36.7 Å². The van der Waals surface area contributed by atoms with Crippen molar-refractivity contribution in [1.82, 2.24) is 15.0 Å². The Kier molecular flexibility index (Phi) is 4.53. The van der Waals surface area contributed by atoms with Gasteiger partial charge in [-0.25, -0.2) is 18.7 Å². The monoisotopic (exact) mass is 369 g/mol. The molecule has 0 saturated heterocycles. The number of benzene rings is 2. The molecule has 130 valence electrons. The fourth-order valence-corrected chi connectivity index (χ4v) is 3.12. The van der Waals surface area contributed by atoms with Gasteiger partial charge in [-0.15, -0.1) is 0 Å². The molecule has 0 unspecified atom stereocenters. The van der Waals surface area contributed by atoms with Crippen molar-refractivity contribution in [3.8, 4) is 22.7 Å². The van der Waals surface area contributed by atoms with E-state index >= 15 is 0 Å². The molecular formula is C19H13F2N3OS. The van der Waals surface area contributed by atoms with E-state index in [-0.39, 0.29) is 11.6 Å². The van der Waals surface area contributed by atoms with Crippen molar-refractivity contribution < 1.29 is 13.2 Å². The van der Waals surface area contributed by atoms with Crippen molar-refractivity contribution in [3.05, 3.63) is 78.3 Å². The summed E-state index contributed by atoms with van der Waals surface area (Å²) in [6.45, 7) is 0. The predicted molar refractivity (Wildman–Crippen MR) is 95.4 cm³/mol. The van der Waals surface area contributed by atoms with Crippen LogP contribution in [0.5, 0.6) is 0 Å². The molecule has 2 heterocycles. The van der Waals surface area contributed by atoms with Gasteiger partial charge in [-0.3, -0.25) is 0 Å². The smallest absolute Gasteiger partial charge is 0.226 e. The van der Waals surface area contributed by atoms with Crippen molar-refractivity contribution in [2.45, 2.75) is 10.9 Å². The molecule has 0 spiro atoms. The average molecular weight is 369 g/mol. The second-order valence-corrected chi connectivity index (χ2v) is 6.51. The van der Waals surface area contributed by atoms with Gasteiger partial charge in [0.15, 0.2) is 5.16 Å². The van der Waals surface area contributed by atoms with Gasteiger partial charge >= 0.3 is 0 Å². The summed E-state index contributed by atoms with van der Waals surface area (Å²) in [7, 11) is 0. The van der Waals surface area contributed by atoms with E-state index in [2.05, 4.69) is 15.0 Å². The minimum absolute atomic E-state index is 0.272. The lowest BCUT2D eigenvalue weighted by Gasteiger charge is -1.97. The van der Waals surface area contributed by atoms with Crippen LogP contribution in [0.2, 0.25) is 0 Å². The third-order valence-corrected chi connectivity index (χ3v) is 4.63. The summed E-state index contributed by atoms with van der Waals surface area (Å²) in [6.07, 6.45) is 3.29. The lowest BCUT2D eigenvalue weighted by atomic mass is 10.2. The van der Waals surface area contributed by atoms with E-state index in [0.717, 1.165) is 27.7 Å². The Bertz CT molecular complexity index is 926. The Morgan fingerprint density at radius 1 is 0.923 bits per heavy atom. The molecule has 0 bridgehead atoms. The summed E-state index contributed by atoms with van der Waals surface area (Å²) >= 11 is 1.48. The molecular weight excluding hydrogens is 356 g/mol. The van der Waals surface area contributed by atoms with Gasteiger partial charge in [0.1, 0.15) is 17.9 Å². The van der Waals surface area contributed by atoms with Crippen LogP contribution in [0.1, 0.15) is 5.69 Å². The lowest BCUT2D eigenvalue weighted by molar-refractivity contribution is 0.573. The number of nitrogens with one attached hydrogen (secondary N) is 1. The zero-order valence-electron chi connectivity index (χ0n) is 13.4. The maximum Gasteiger partial charge on any atom is 0.226 e.